The number of nitrogens with one attached hydrogen (secondary N) is 1. The number of rotatable bonds is 7. The van der Waals surface area contributed by atoms with Gasteiger partial charge in [-0.05, 0) is 49.7 Å². The van der Waals surface area contributed by atoms with Crippen LogP contribution in [0.2, 0.25) is 0 Å². The highest BCUT2D eigenvalue weighted by molar-refractivity contribution is 5.94. The number of ketones is 1. The van der Waals surface area contributed by atoms with Crippen molar-refractivity contribution in [2.75, 3.05) is 42.9 Å². The fraction of sp³-hybridized carbons (Fsp3) is 0.333. The number of carbonyl (C=O) groups is 1. The molecule has 1 heterocycles. The summed E-state index contributed by atoms with van der Waals surface area (Å²) >= 11 is 0. The SMILES string of the molecule is C=C(c1cc(C#N)ccc1NCCC)N1CCN(c2ccc(C(C)=O)cc2F)CC1. The Morgan fingerprint density at radius 3 is 2.53 bits per heavy atom. The van der Waals surface area contributed by atoms with Crippen LogP contribution in [0, 0.1) is 17.1 Å². The molecule has 0 amide bonds. The summed E-state index contributed by atoms with van der Waals surface area (Å²) in [5.74, 6) is -0.517. The zero-order valence-corrected chi connectivity index (χ0v) is 17.5. The number of benzene rings is 2. The number of piperazine rings is 1. The third-order valence-corrected chi connectivity index (χ3v) is 5.38. The maximum Gasteiger partial charge on any atom is 0.159 e. The largest absolute Gasteiger partial charge is 0.385 e. The molecule has 1 aliphatic rings. The minimum absolute atomic E-state index is 0.145. The summed E-state index contributed by atoms with van der Waals surface area (Å²) in [6.07, 6.45) is 0.999. The summed E-state index contributed by atoms with van der Waals surface area (Å²) < 4.78 is 14.5. The Labute approximate surface area is 177 Å². The number of nitrogens with zero attached hydrogens (tertiary/aromatic N) is 3. The van der Waals surface area contributed by atoms with Gasteiger partial charge in [-0.1, -0.05) is 13.5 Å². The van der Waals surface area contributed by atoms with Gasteiger partial charge in [0.1, 0.15) is 5.82 Å². The lowest BCUT2D eigenvalue weighted by atomic mass is 10.0. The third kappa shape index (κ3) is 4.62. The normalized spacial score (nSPS) is 13.7. The van der Waals surface area contributed by atoms with Crippen LogP contribution in [0.1, 0.15) is 41.8 Å². The monoisotopic (exact) mass is 406 g/mol. The van der Waals surface area contributed by atoms with Crippen molar-refractivity contribution >= 4 is 22.9 Å². The molecule has 1 aliphatic heterocycles. The van der Waals surface area contributed by atoms with E-state index >= 15 is 0 Å². The van der Waals surface area contributed by atoms with Crippen molar-refractivity contribution in [3.8, 4) is 6.07 Å². The molecule has 0 aromatic heterocycles. The van der Waals surface area contributed by atoms with E-state index in [2.05, 4.69) is 29.8 Å². The number of hydrogen-bond donors (Lipinski definition) is 1. The molecule has 0 unspecified atom stereocenters. The van der Waals surface area contributed by atoms with Gasteiger partial charge in [-0.2, -0.15) is 5.26 Å². The van der Waals surface area contributed by atoms with Gasteiger partial charge in [-0.25, -0.2) is 4.39 Å². The molecule has 30 heavy (non-hydrogen) atoms. The van der Waals surface area contributed by atoms with E-state index in [1.807, 2.05) is 17.0 Å². The highest BCUT2D eigenvalue weighted by Gasteiger charge is 2.22. The van der Waals surface area contributed by atoms with Crippen LogP contribution in [0.15, 0.2) is 43.0 Å². The zero-order valence-electron chi connectivity index (χ0n) is 17.5. The molecule has 2 aromatic rings. The molecular weight excluding hydrogens is 379 g/mol. The van der Waals surface area contributed by atoms with Crippen molar-refractivity contribution in [3.63, 3.8) is 0 Å². The first-order valence-corrected chi connectivity index (χ1v) is 10.2. The third-order valence-electron chi connectivity index (χ3n) is 5.38. The summed E-state index contributed by atoms with van der Waals surface area (Å²) in [4.78, 5) is 15.6. The van der Waals surface area contributed by atoms with Crippen LogP contribution in [-0.4, -0.2) is 43.4 Å². The number of carbonyl (C=O) groups excluding carboxylic acids is 1. The molecule has 0 bridgehead atoms. The van der Waals surface area contributed by atoms with E-state index in [0.717, 1.165) is 29.9 Å². The number of halogens is 1. The smallest absolute Gasteiger partial charge is 0.159 e. The van der Waals surface area contributed by atoms with Gasteiger partial charge < -0.3 is 15.1 Å². The second-order valence-corrected chi connectivity index (χ2v) is 7.44. The lowest BCUT2D eigenvalue weighted by molar-refractivity contribution is 0.101. The van der Waals surface area contributed by atoms with Gasteiger partial charge in [0.25, 0.3) is 0 Å². The molecule has 2 aromatic carbocycles. The minimum atomic E-state index is -0.372. The van der Waals surface area contributed by atoms with Crippen molar-refractivity contribution in [1.82, 2.24) is 4.90 Å². The molecule has 1 N–H and O–H groups in total. The van der Waals surface area contributed by atoms with Crippen LogP contribution in [0.3, 0.4) is 0 Å². The molecule has 6 heteroatoms. The van der Waals surface area contributed by atoms with E-state index in [1.165, 1.54) is 13.0 Å². The summed E-state index contributed by atoms with van der Waals surface area (Å²) in [6.45, 7) is 11.3. The van der Waals surface area contributed by atoms with Crippen LogP contribution in [-0.2, 0) is 0 Å². The van der Waals surface area contributed by atoms with Crippen molar-refractivity contribution in [1.29, 1.82) is 5.26 Å². The van der Waals surface area contributed by atoms with Crippen LogP contribution in [0.25, 0.3) is 5.70 Å². The molecule has 0 aliphatic carbocycles. The molecule has 0 saturated carbocycles. The average molecular weight is 407 g/mol. The summed E-state index contributed by atoms with van der Waals surface area (Å²) in [5.41, 5.74) is 4.24. The predicted molar refractivity (Wildman–Crippen MR) is 119 cm³/mol. The van der Waals surface area contributed by atoms with E-state index in [0.29, 0.717) is 43.0 Å². The maximum absolute atomic E-state index is 14.5. The number of hydrogen-bond acceptors (Lipinski definition) is 5. The first kappa shape index (κ1) is 21.4. The summed E-state index contributed by atoms with van der Waals surface area (Å²) in [7, 11) is 0. The van der Waals surface area contributed by atoms with Gasteiger partial charge in [0.2, 0.25) is 0 Å². The molecular formula is C24H27FN4O. The quantitative estimate of drug-likeness (QED) is 0.686. The zero-order chi connectivity index (χ0) is 21.7. The number of nitriles is 1. The Morgan fingerprint density at radius 1 is 1.20 bits per heavy atom. The van der Waals surface area contributed by atoms with Crippen LogP contribution >= 0.6 is 0 Å². The molecule has 156 valence electrons. The molecule has 1 fully saturated rings. The Hall–Kier alpha value is -3.33. The van der Waals surface area contributed by atoms with Crippen molar-refractivity contribution in [3.05, 3.63) is 65.5 Å². The van der Waals surface area contributed by atoms with Crippen LogP contribution in [0.5, 0.6) is 0 Å². The Kier molecular flexibility index (Phi) is 6.73. The average Bonchev–Trinajstić information content (AvgIpc) is 2.77. The molecule has 1 saturated heterocycles. The first-order chi connectivity index (χ1) is 14.4. The van der Waals surface area contributed by atoms with Crippen LogP contribution < -0.4 is 10.2 Å². The number of anilines is 2. The van der Waals surface area contributed by atoms with E-state index < -0.39 is 0 Å². The first-order valence-electron chi connectivity index (χ1n) is 10.2. The molecule has 0 radical (unpaired) electrons. The van der Waals surface area contributed by atoms with E-state index in [1.54, 1.807) is 18.2 Å². The predicted octanol–water partition coefficient (Wildman–Crippen LogP) is 4.51. The van der Waals surface area contributed by atoms with Gasteiger partial charge in [0, 0.05) is 55.2 Å². The van der Waals surface area contributed by atoms with E-state index in [9.17, 15) is 14.4 Å². The highest BCUT2D eigenvalue weighted by Crippen LogP contribution is 2.29. The Bertz CT molecular complexity index is 987. The second-order valence-electron chi connectivity index (χ2n) is 7.44. The van der Waals surface area contributed by atoms with Gasteiger partial charge in [-0.15, -0.1) is 0 Å². The van der Waals surface area contributed by atoms with Crippen molar-refractivity contribution in [2.24, 2.45) is 0 Å². The van der Waals surface area contributed by atoms with Gasteiger partial charge >= 0.3 is 0 Å². The molecule has 0 atom stereocenters. The van der Waals surface area contributed by atoms with E-state index in [4.69, 9.17) is 0 Å². The standard InChI is InChI=1S/C24H27FN4O/c1-4-9-27-23-7-5-19(16-26)14-21(23)17(2)28-10-12-29(13-11-28)24-8-6-20(18(3)30)15-22(24)25/h5-8,14-15,27H,2,4,9-13H2,1,3H3. The topological polar surface area (TPSA) is 59.4 Å². The van der Waals surface area contributed by atoms with Crippen LogP contribution in [0.4, 0.5) is 15.8 Å². The van der Waals surface area contributed by atoms with Gasteiger partial charge in [0.05, 0.1) is 17.3 Å². The maximum atomic E-state index is 14.5. The summed E-state index contributed by atoms with van der Waals surface area (Å²) in [5, 5.41) is 12.7. The van der Waals surface area contributed by atoms with E-state index in [-0.39, 0.29) is 11.6 Å². The fourth-order valence-corrected chi connectivity index (χ4v) is 3.64. The second kappa shape index (κ2) is 9.45. The molecule has 3 rings (SSSR count). The lowest BCUT2D eigenvalue weighted by Crippen LogP contribution is -2.45. The summed E-state index contributed by atoms with van der Waals surface area (Å²) in [6, 6.07) is 12.5. The minimum Gasteiger partial charge on any atom is -0.385 e. The Balaban J connectivity index is 1.73. The highest BCUT2D eigenvalue weighted by atomic mass is 19.1. The van der Waals surface area contributed by atoms with Gasteiger partial charge in [-0.3, -0.25) is 4.79 Å². The Morgan fingerprint density at radius 2 is 1.93 bits per heavy atom. The van der Waals surface area contributed by atoms with Crippen molar-refractivity contribution in [2.45, 2.75) is 20.3 Å². The lowest BCUT2D eigenvalue weighted by Gasteiger charge is -2.38. The van der Waals surface area contributed by atoms with Gasteiger partial charge in [0.15, 0.2) is 5.78 Å². The molecule has 5 nitrogen and oxygen atoms in total. The van der Waals surface area contributed by atoms with Crippen molar-refractivity contribution < 1.29 is 9.18 Å². The number of Topliss-reactive ketones (excluding diaryl/α,β-unsaturated/α-hetero) is 1. The fourth-order valence-electron chi connectivity index (χ4n) is 3.64. The molecule has 0 spiro atoms.